The van der Waals surface area contributed by atoms with E-state index in [1.54, 1.807) is 18.2 Å². The largest absolute Gasteiger partial charge is 0.493 e. The summed E-state index contributed by atoms with van der Waals surface area (Å²) in [6.45, 7) is 0.499. The van der Waals surface area contributed by atoms with Crippen LogP contribution in [0.2, 0.25) is 5.02 Å². The Balaban J connectivity index is 1.34. The molecule has 3 amide bonds. The number of carbonyl (C=O) groups is 2. The van der Waals surface area contributed by atoms with Crippen LogP contribution in [0.15, 0.2) is 90.6 Å². The highest BCUT2D eigenvalue weighted by atomic mass is 35.5. The summed E-state index contributed by atoms with van der Waals surface area (Å²) < 4.78 is 11.5. The molecule has 0 bridgehead atoms. The number of imide groups is 1. The summed E-state index contributed by atoms with van der Waals surface area (Å²) in [5.74, 6) is 0.422. The third kappa shape index (κ3) is 4.90. The number of amides is 3. The number of rotatable bonds is 7. The predicted octanol–water partition coefficient (Wildman–Crippen LogP) is 6.17. The lowest BCUT2D eigenvalue weighted by molar-refractivity contribution is -0.123. The number of ether oxygens (including phenoxy) is 2. The van der Waals surface area contributed by atoms with Crippen molar-refractivity contribution in [3.63, 3.8) is 0 Å². The molecule has 0 saturated carbocycles. The molecule has 1 heterocycles. The van der Waals surface area contributed by atoms with E-state index in [9.17, 15) is 9.59 Å². The van der Waals surface area contributed by atoms with Crippen LogP contribution in [0.5, 0.6) is 11.5 Å². The number of nitrogens with zero attached hydrogens (tertiary/aromatic N) is 1. The number of benzene rings is 4. The lowest BCUT2D eigenvalue weighted by Gasteiger charge is -2.14. The Kier molecular flexibility index (Phi) is 6.60. The average molecular weight is 499 g/mol. The number of hydrogen-bond donors (Lipinski definition) is 1. The van der Waals surface area contributed by atoms with Gasteiger partial charge in [0, 0.05) is 0 Å². The van der Waals surface area contributed by atoms with Gasteiger partial charge in [0.05, 0.1) is 18.7 Å². The van der Waals surface area contributed by atoms with Gasteiger partial charge in [0.1, 0.15) is 12.3 Å². The van der Waals surface area contributed by atoms with Crippen LogP contribution >= 0.6 is 11.6 Å². The molecule has 1 aliphatic heterocycles. The topological polar surface area (TPSA) is 67.9 Å². The quantitative estimate of drug-likeness (QED) is 0.244. The molecule has 1 aliphatic rings. The molecule has 4 aromatic rings. The monoisotopic (exact) mass is 498 g/mol. The molecule has 6 nitrogen and oxygen atoms in total. The van der Waals surface area contributed by atoms with Crippen LogP contribution in [0.4, 0.5) is 4.79 Å². The number of methoxy groups -OCH3 is 1. The molecule has 1 saturated heterocycles. The number of hydrogen-bond acceptors (Lipinski definition) is 4. The first-order valence-corrected chi connectivity index (χ1v) is 11.8. The van der Waals surface area contributed by atoms with Crippen LogP contribution in [-0.2, 0) is 17.9 Å². The van der Waals surface area contributed by atoms with Gasteiger partial charge in [-0.05, 0) is 51.7 Å². The van der Waals surface area contributed by atoms with E-state index in [4.69, 9.17) is 21.1 Å². The third-order valence-corrected chi connectivity index (χ3v) is 6.19. The molecule has 0 spiro atoms. The zero-order valence-corrected chi connectivity index (χ0v) is 20.3. The van der Waals surface area contributed by atoms with Crippen LogP contribution in [0.25, 0.3) is 16.8 Å². The first-order valence-electron chi connectivity index (χ1n) is 11.4. The van der Waals surface area contributed by atoms with E-state index in [0.29, 0.717) is 28.7 Å². The fourth-order valence-corrected chi connectivity index (χ4v) is 4.37. The van der Waals surface area contributed by atoms with Crippen LogP contribution in [-0.4, -0.2) is 23.9 Å². The molecule has 0 radical (unpaired) electrons. The van der Waals surface area contributed by atoms with Crippen molar-refractivity contribution in [2.24, 2.45) is 0 Å². The van der Waals surface area contributed by atoms with Crippen LogP contribution in [0.1, 0.15) is 16.7 Å². The lowest BCUT2D eigenvalue weighted by Crippen LogP contribution is -2.30. The molecular weight excluding hydrogens is 476 g/mol. The van der Waals surface area contributed by atoms with Gasteiger partial charge in [-0.15, -0.1) is 0 Å². The minimum atomic E-state index is -0.469. The van der Waals surface area contributed by atoms with Gasteiger partial charge in [0.15, 0.2) is 11.5 Å². The highest BCUT2D eigenvalue weighted by Crippen LogP contribution is 2.38. The predicted molar refractivity (Wildman–Crippen MR) is 140 cm³/mol. The maximum absolute atomic E-state index is 12.9. The Morgan fingerprint density at radius 3 is 2.42 bits per heavy atom. The Bertz CT molecular complexity index is 1480. The lowest BCUT2D eigenvalue weighted by atomic mass is 10.1. The summed E-state index contributed by atoms with van der Waals surface area (Å²) in [5.41, 5.74) is 2.62. The summed E-state index contributed by atoms with van der Waals surface area (Å²) in [6, 6.07) is 26.5. The van der Waals surface area contributed by atoms with Gasteiger partial charge in [0.25, 0.3) is 5.91 Å². The summed E-state index contributed by atoms with van der Waals surface area (Å²) in [5, 5.41) is 5.26. The van der Waals surface area contributed by atoms with E-state index in [0.717, 1.165) is 21.9 Å². The number of nitrogens with one attached hydrogen (secondary N) is 1. The fourth-order valence-electron chi connectivity index (χ4n) is 4.10. The van der Waals surface area contributed by atoms with Gasteiger partial charge in [0.2, 0.25) is 0 Å². The molecule has 0 aromatic heterocycles. The fraction of sp³-hybridized carbons (Fsp3) is 0.103. The van der Waals surface area contributed by atoms with Gasteiger partial charge >= 0.3 is 6.03 Å². The Hall–Kier alpha value is -4.29. The van der Waals surface area contributed by atoms with Crippen molar-refractivity contribution in [3.05, 3.63) is 112 Å². The van der Waals surface area contributed by atoms with E-state index < -0.39 is 11.9 Å². The van der Waals surface area contributed by atoms with E-state index in [1.165, 1.54) is 12.0 Å². The molecule has 4 aromatic carbocycles. The molecule has 0 aliphatic carbocycles. The second-order valence-electron chi connectivity index (χ2n) is 8.37. The summed E-state index contributed by atoms with van der Waals surface area (Å²) in [6.07, 6.45) is 1.58. The van der Waals surface area contributed by atoms with Gasteiger partial charge in [-0.1, -0.05) is 78.3 Å². The van der Waals surface area contributed by atoms with Gasteiger partial charge in [-0.2, -0.15) is 0 Å². The van der Waals surface area contributed by atoms with E-state index in [1.807, 2.05) is 48.5 Å². The number of urea groups is 1. The molecule has 7 heteroatoms. The van der Waals surface area contributed by atoms with Crippen molar-refractivity contribution in [2.45, 2.75) is 13.2 Å². The van der Waals surface area contributed by atoms with Gasteiger partial charge in [-0.3, -0.25) is 9.69 Å². The summed E-state index contributed by atoms with van der Waals surface area (Å²) >= 11 is 6.54. The van der Waals surface area contributed by atoms with Crippen molar-refractivity contribution in [3.8, 4) is 11.5 Å². The molecule has 36 heavy (non-hydrogen) atoms. The SMILES string of the molecule is COc1cc(/C=C2/NC(=O)N(Cc3ccccc3)C2=O)cc(Cl)c1OCc1ccc2ccccc2c1. The van der Waals surface area contributed by atoms with Crippen molar-refractivity contribution in [1.82, 2.24) is 10.2 Å². The zero-order valence-electron chi connectivity index (χ0n) is 19.5. The molecule has 0 unspecified atom stereocenters. The highest BCUT2D eigenvalue weighted by Gasteiger charge is 2.33. The molecule has 5 rings (SSSR count). The van der Waals surface area contributed by atoms with Crippen LogP contribution in [0.3, 0.4) is 0 Å². The molecule has 1 fully saturated rings. The zero-order chi connectivity index (χ0) is 25.1. The average Bonchev–Trinajstić information content (AvgIpc) is 3.15. The van der Waals surface area contributed by atoms with Gasteiger partial charge < -0.3 is 14.8 Å². The van der Waals surface area contributed by atoms with E-state index in [2.05, 4.69) is 29.6 Å². The van der Waals surface area contributed by atoms with Crippen molar-refractivity contribution < 1.29 is 19.1 Å². The van der Waals surface area contributed by atoms with Gasteiger partial charge in [-0.25, -0.2) is 4.79 Å². The first kappa shape index (κ1) is 23.5. The Morgan fingerprint density at radius 2 is 1.64 bits per heavy atom. The maximum Gasteiger partial charge on any atom is 0.329 e. The van der Waals surface area contributed by atoms with E-state index in [-0.39, 0.29) is 12.2 Å². The molecule has 1 N–H and O–H groups in total. The van der Waals surface area contributed by atoms with Crippen LogP contribution in [0, 0.1) is 0 Å². The maximum atomic E-state index is 12.9. The summed E-state index contributed by atoms with van der Waals surface area (Å²) in [7, 11) is 1.52. The van der Waals surface area contributed by atoms with E-state index >= 15 is 0 Å². The minimum absolute atomic E-state index is 0.166. The third-order valence-electron chi connectivity index (χ3n) is 5.91. The molecular formula is C29H23ClN2O4. The molecule has 0 atom stereocenters. The smallest absolute Gasteiger partial charge is 0.329 e. The number of carbonyl (C=O) groups excluding carboxylic acids is 2. The normalized spacial score (nSPS) is 14.4. The number of fused-ring (bicyclic) bond motifs is 1. The highest BCUT2D eigenvalue weighted by molar-refractivity contribution is 6.32. The summed E-state index contributed by atoms with van der Waals surface area (Å²) in [4.78, 5) is 26.5. The standard InChI is InChI=1S/C29H23ClN2O4/c1-35-26-16-21(15-25-28(33)32(29(34)31-25)17-19-7-3-2-4-8-19)14-24(30)27(26)36-18-20-11-12-22-9-5-6-10-23(22)13-20/h2-16H,17-18H2,1H3,(H,31,34)/b25-15+. The van der Waals surface area contributed by atoms with Crippen molar-refractivity contribution in [1.29, 1.82) is 0 Å². The van der Waals surface area contributed by atoms with Crippen molar-refractivity contribution in [2.75, 3.05) is 7.11 Å². The Labute approximate surface area is 213 Å². The second kappa shape index (κ2) is 10.1. The van der Waals surface area contributed by atoms with Crippen molar-refractivity contribution >= 4 is 40.4 Å². The Morgan fingerprint density at radius 1 is 0.889 bits per heavy atom. The number of halogens is 1. The molecule has 180 valence electrons. The van der Waals surface area contributed by atoms with Crippen LogP contribution < -0.4 is 14.8 Å². The second-order valence-corrected chi connectivity index (χ2v) is 8.78. The minimum Gasteiger partial charge on any atom is -0.493 e. The first-order chi connectivity index (χ1) is 17.5.